The SMILES string of the molecule is Cc1ccc(O)c(N2C(=O)C(=O)/C(=C(\O)c3ccc4ccccc4c3)C2c2ccncc2)c1. The molecule has 2 N–H and O–H groups in total. The van der Waals surface area contributed by atoms with Gasteiger partial charge >= 0.3 is 0 Å². The molecular formula is C27H20N2O4. The zero-order chi connectivity index (χ0) is 23.1. The number of nitrogens with zero attached hydrogens (tertiary/aromatic N) is 2. The number of rotatable bonds is 3. The highest BCUT2D eigenvalue weighted by molar-refractivity contribution is 6.52. The standard InChI is InChI=1S/C27H20N2O4/c1-16-6-9-22(30)21(14-16)29-24(18-10-12-28-13-11-18)23(26(32)27(29)33)25(31)20-8-7-17-4-2-3-5-19(17)15-20/h2-15,24,30-31H,1H3/b25-23-. The smallest absolute Gasteiger partial charge is 0.300 e. The fraction of sp³-hybridized carbons (Fsp3) is 0.0741. The number of pyridine rings is 1. The van der Waals surface area contributed by atoms with E-state index >= 15 is 0 Å². The number of amides is 1. The number of Topliss-reactive ketones (excluding diaryl/α,β-unsaturated/α-hetero) is 1. The van der Waals surface area contributed by atoms with E-state index in [-0.39, 0.29) is 22.8 Å². The molecule has 4 aromatic rings. The Morgan fingerprint density at radius 1 is 0.909 bits per heavy atom. The lowest BCUT2D eigenvalue weighted by molar-refractivity contribution is -0.132. The highest BCUT2D eigenvalue weighted by atomic mass is 16.3. The van der Waals surface area contributed by atoms with E-state index in [1.54, 1.807) is 48.8 Å². The third kappa shape index (κ3) is 3.42. The molecule has 0 spiro atoms. The van der Waals surface area contributed by atoms with Crippen LogP contribution in [-0.4, -0.2) is 26.9 Å². The number of aromatic nitrogens is 1. The molecule has 1 aromatic heterocycles. The summed E-state index contributed by atoms with van der Waals surface area (Å²) in [5, 5.41) is 23.7. The Labute approximate surface area is 190 Å². The maximum absolute atomic E-state index is 13.2. The number of ketones is 1. The van der Waals surface area contributed by atoms with Gasteiger partial charge in [0.25, 0.3) is 11.7 Å². The van der Waals surface area contributed by atoms with Crippen LogP contribution in [0.4, 0.5) is 5.69 Å². The number of phenols is 1. The fourth-order valence-electron chi connectivity index (χ4n) is 4.26. The molecular weight excluding hydrogens is 416 g/mol. The average Bonchev–Trinajstić information content (AvgIpc) is 3.10. The van der Waals surface area contributed by atoms with Crippen LogP contribution >= 0.6 is 0 Å². The molecule has 1 fully saturated rings. The monoisotopic (exact) mass is 436 g/mol. The second-order valence-electron chi connectivity index (χ2n) is 8.00. The molecule has 33 heavy (non-hydrogen) atoms. The van der Waals surface area contributed by atoms with Gasteiger partial charge < -0.3 is 10.2 Å². The first-order valence-corrected chi connectivity index (χ1v) is 10.5. The lowest BCUT2D eigenvalue weighted by Crippen LogP contribution is -2.29. The second-order valence-corrected chi connectivity index (χ2v) is 8.00. The number of hydrogen-bond acceptors (Lipinski definition) is 5. The van der Waals surface area contributed by atoms with E-state index in [2.05, 4.69) is 4.98 Å². The Bertz CT molecular complexity index is 1440. The Morgan fingerprint density at radius 2 is 1.64 bits per heavy atom. The zero-order valence-corrected chi connectivity index (χ0v) is 17.8. The highest BCUT2D eigenvalue weighted by Crippen LogP contribution is 2.44. The number of aryl methyl sites for hydroxylation is 1. The van der Waals surface area contributed by atoms with Crippen LogP contribution in [0.25, 0.3) is 16.5 Å². The van der Waals surface area contributed by atoms with E-state index in [4.69, 9.17) is 0 Å². The maximum atomic E-state index is 13.2. The average molecular weight is 436 g/mol. The van der Waals surface area contributed by atoms with Crippen molar-refractivity contribution in [3.63, 3.8) is 0 Å². The van der Waals surface area contributed by atoms with Crippen molar-refractivity contribution >= 4 is 33.9 Å². The Hall–Kier alpha value is -4.45. The second kappa shape index (κ2) is 7.91. The first-order valence-electron chi connectivity index (χ1n) is 10.5. The third-order valence-corrected chi connectivity index (χ3v) is 5.88. The molecule has 0 saturated carbocycles. The highest BCUT2D eigenvalue weighted by Gasteiger charge is 2.47. The van der Waals surface area contributed by atoms with Crippen LogP contribution in [0.5, 0.6) is 5.75 Å². The molecule has 0 radical (unpaired) electrons. The molecule has 5 rings (SSSR count). The summed E-state index contributed by atoms with van der Waals surface area (Å²) in [6, 6.07) is 20.3. The first kappa shape index (κ1) is 20.5. The van der Waals surface area contributed by atoms with Gasteiger partial charge in [0.15, 0.2) is 0 Å². The molecule has 1 saturated heterocycles. The fourth-order valence-corrected chi connectivity index (χ4v) is 4.26. The maximum Gasteiger partial charge on any atom is 0.300 e. The molecule has 1 aliphatic heterocycles. The van der Waals surface area contributed by atoms with Gasteiger partial charge in [-0.25, -0.2) is 0 Å². The van der Waals surface area contributed by atoms with Crippen molar-refractivity contribution in [3.8, 4) is 5.75 Å². The van der Waals surface area contributed by atoms with E-state index in [0.717, 1.165) is 16.3 Å². The normalized spacial score (nSPS) is 17.6. The molecule has 3 aromatic carbocycles. The molecule has 0 aliphatic carbocycles. The number of fused-ring (bicyclic) bond motifs is 1. The van der Waals surface area contributed by atoms with E-state index in [9.17, 15) is 19.8 Å². The predicted octanol–water partition coefficient (Wildman–Crippen LogP) is 4.88. The minimum absolute atomic E-state index is 0.0395. The number of aliphatic hydroxyl groups is 1. The number of anilines is 1. The molecule has 6 heteroatoms. The molecule has 162 valence electrons. The van der Waals surface area contributed by atoms with Crippen molar-refractivity contribution in [1.82, 2.24) is 4.98 Å². The summed E-state index contributed by atoms with van der Waals surface area (Å²) in [5.74, 6) is -2.04. The van der Waals surface area contributed by atoms with E-state index < -0.39 is 17.7 Å². The Balaban J connectivity index is 1.75. The van der Waals surface area contributed by atoms with Gasteiger partial charge in [0.2, 0.25) is 0 Å². The predicted molar refractivity (Wildman–Crippen MR) is 126 cm³/mol. The molecule has 0 bridgehead atoms. The van der Waals surface area contributed by atoms with Crippen LogP contribution in [0, 0.1) is 6.92 Å². The summed E-state index contributed by atoms with van der Waals surface area (Å²) in [4.78, 5) is 31.7. The lowest BCUT2D eigenvalue weighted by atomic mass is 9.95. The third-order valence-electron chi connectivity index (χ3n) is 5.88. The van der Waals surface area contributed by atoms with E-state index in [1.807, 2.05) is 37.3 Å². The van der Waals surface area contributed by atoms with Gasteiger partial charge in [-0.15, -0.1) is 0 Å². The number of benzene rings is 3. The van der Waals surface area contributed by atoms with Crippen LogP contribution in [0.1, 0.15) is 22.7 Å². The van der Waals surface area contributed by atoms with Gasteiger partial charge in [0.05, 0.1) is 17.3 Å². The summed E-state index contributed by atoms with van der Waals surface area (Å²) in [5.41, 5.74) is 2.00. The van der Waals surface area contributed by atoms with E-state index in [1.165, 1.54) is 11.0 Å². The van der Waals surface area contributed by atoms with Gasteiger partial charge in [0.1, 0.15) is 11.5 Å². The van der Waals surface area contributed by atoms with Crippen molar-refractivity contribution in [2.24, 2.45) is 0 Å². The number of hydrogen-bond donors (Lipinski definition) is 2. The summed E-state index contributed by atoms with van der Waals surface area (Å²) < 4.78 is 0. The molecule has 1 amide bonds. The summed E-state index contributed by atoms with van der Waals surface area (Å²) in [6.45, 7) is 1.83. The van der Waals surface area contributed by atoms with Gasteiger partial charge in [-0.05, 0) is 59.2 Å². The quantitative estimate of drug-likeness (QED) is 0.272. The van der Waals surface area contributed by atoms with Crippen LogP contribution in [-0.2, 0) is 9.59 Å². The summed E-state index contributed by atoms with van der Waals surface area (Å²) in [6.07, 6.45) is 3.11. The summed E-state index contributed by atoms with van der Waals surface area (Å²) >= 11 is 0. The number of carbonyl (C=O) groups excluding carboxylic acids is 2. The number of aromatic hydroxyl groups is 1. The largest absolute Gasteiger partial charge is 0.507 e. The zero-order valence-electron chi connectivity index (χ0n) is 17.8. The minimum Gasteiger partial charge on any atom is -0.507 e. The topological polar surface area (TPSA) is 90.7 Å². The number of carbonyl (C=O) groups is 2. The van der Waals surface area contributed by atoms with Gasteiger partial charge in [-0.1, -0.05) is 42.5 Å². The van der Waals surface area contributed by atoms with Crippen LogP contribution < -0.4 is 4.90 Å². The lowest BCUT2D eigenvalue weighted by Gasteiger charge is -2.26. The number of aliphatic hydroxyl groups excluding tert-OH is 1. The number of phenolic OH excluding ortho intramolecular Hbond substituents is 1. The minimum atomic E-state index is -0.924. The van der Waals surface area contributed by atoms with Gasteiger partial charge in [-0.2, -0.15) is 0 Å². The Kier molecular flexibility index (Phi) is 4.90. The van der Waals surface area contributed by atoms with Crippen LogP contribution in [0.15, 0.2) is 90.8 Å². The van der Waals surface area contributed by atoms with Crippen molar-refractivity contribution in [1.29, 1.82) is 0 Å². The molecule has 6 nitrogen and oxygen atoms in total. The molecule has 1 unspecified atom stereocenters. The molecule has 1 atom stereocenters. The Morgan fingerprint density at radius 3 is 2.39 bits per heavy atom. The molecule has 1 aliphatic rings. The first-order chi connectivity index (χ1) is 16.0. The van der Waals surface area contributed by atoms with Gasteiger partial charge in [0, 0.05) is 18.0 Å². The molecule has 2 heterocycles. The van der Waals surface area contributed by atoms with Crippen molar-refractivity contribution in [2.75, 3.05) is 4.90 Å². The summed E-state index contributed by atoms with van der Waals surface area (Å²) in [7, 11) is 0. The van der Waals surface area contributed by atoms with Crippen molar-refractivity contribution < 1.29 is 19.8 Å². The van der Waals surface area contributed by atoms with Crippen molar-refractivity contribution in [3.05, 3.63) is 107 Å². The van der Waals surface area contributed by atoms with Crippen LogP contribution in [0.3, 0.4) is 0 Å². The van der Waals surface area contributed by atoms with Crippen LogP contribution in [0.2, 0.25) is 0 Å². The van der Waals surface area contributed by atoms with E-state index in [0.29, 0.717) is 11.1 Å². The van der Waals surface area contributed by atoms with Gasteiger partial charge in [-0.3, -0.25) is 19.5 Å². The van der Waals surface area contributed by atoms with Crippen molar-refractivity contribution in [2.45, 2.75) is 13.0 Å².